The first kappa shape index (κ1) is 18.3. The van der Waals surface area contributed by atoms with Crippen LogP contribution in [0.1, 0.15) is 26.3 Å². The van der Waals surface area contributed by atoms with Crippen LogP contribution in [0.4, 0.5) is 13.2 Å². The number of halogens is 3. The summed E-state index contributed by atoms with van der Waals surface area (Å²) in [6, 6.07) is 2.07. The molecule has 1 rings (SSSR count). The molecule has 22 heavy (non-hydrogen) atoms. The van der Waals surface area contributed by atoms with E-state index in [0.717, 1.165) is 6.07 Å². The van der Waals surface area contributed by atoms with Crippen molar-refractivity contribution in [1.29, 1.82) is 0 Å². The molecule has 0 saturated heterocycles. The summed E-state index contributed by atoms with van der Waals surface area (Å²) in [5.74, 6) is -1.64. The van der Waals surface area contributed by atoms with Crippen molar-refractivity contribution in [3.63, 3.8) is 0 Å². The molecule has 0 saturated carbocycles. The second kappa shape index (κ2) is 6.17. The van der Waals surface area contributed by atoms with Crippen molar-refractivity contribution < 1.29 is 37.9 Å². The second-order valence-corrected chi connectivity index (χ2v) is 5.83. The predicted molar refractivity (Wildman–Crippen MR) is 72.8 cm³/mol. The van der Waals surface area contributed by atoms with Gasteiger partial charge >= 0.3 is 19.3 Å². The molecule has 0 amide bonds. The van der Waals surface area contributed by atoms with E-state index in [1.54, 1.807) is 20.8 Å². The van der Waals surface area contributed by atoms with Gasteiger partial charge in [0.25, 0.3) is 0 Å². The summed E-state index contributed by atoms with van der Waals surface area (Å²) in [5.41, 5.74) is -2.50. The van der Waals surface area contributed by atoms with Gasteiger partial charge in [0.2, 0.25) is 0 Å². The molecule has 0 heterocycles. The molecule has 0 fully saturated rings. The highest BCUT2D eigenvalue weighted by Gasteiger charge is 2.36. The number of carbonyl (C=O) groups is 1. The first-order valence-corrected chi connectivity index (χ1v) is 6.30. The number of carboxylic acids is 1. The van der Waals surface area contributed by atoms with Crippen LogP contribution in [0.2, 0.25) is 0 Å². The lowest BCUT2D eigenvalue weighted by molar-refractivity contribution is -0.150. The number of ether oxygens (including phenoxy) is 1. The zero-order valence-electron chi connectivity index (χ0n) is 12.2. The number of hydrogen-bond acceptors (Lipinski definition) is 4. The summed E-state index contributed by atoms with van der Waals surface area (Å²) in [5, 5.41) is 27.6. The summed E-state index contributed by atoms with van der Waals surface area (Å²) >= 11 is 0. The molecule has 1 aromatic rings. The summed E-state index contributed by atoms with van der Waals surface area (Å²) in [4.78, 5) is 11.2. The van der Waals surface area contributed by atoms with Crippen molar-refractivity contribution in [2.75, 3.05) is 0 Å². The van der Waals surface area contributed by atoms with Crippen LogP contribution in [0.3, 0.4) is 0 Å². The van der Waals surface area contributed by atoms with Crippen molar-refractivity contribution in [3.8, 4) is 5.75 Å². The Balaban J connectivity index is 3.27. The molecular formula is C13H16BF3O5. The molecule has 9 heteroatoms. The van der Waals surface area contributed by atoms with E-state index in [1.807, 2.05) is 0 Å². The van der Waals surface area contributed by atoms with Crippen molar-refractivity contribution in [1.82, 2.24) is 0 Å². The minimum Gasteiger partial charge on any atom is -0.479 e. The third-order valence-corrected chi connectivity index (χ3v) is 2.87. The second-order valence-electron chi connectivity index (χ2n) is 5.83. The standard InChI is InChI=1S/C13H16BF3O5/c1-12(2,3)10(11(18)19)22-9-5-4-7(13(15,16)17)6-8(9)14(20)21/h4-6,10,20-21H,1-3H3,(H,18,19). The minimum absolute atomic E-state index is 0.328. The van der Waals surface area contributed by atoms with Crippen LogP contribution in [0.15, 0.2) is 18.2 Å². The Kier molecular flexibility index (Phi) is 5.14. The Morgan fingerprint density at radius 2 is 1.77 bits per heavy atom. The molecule has 1 unspecified atom stereocenters. The van der Waals surface area contributed by atoms with E-state index in [1.165, 1.54) is 0 Å². The van der Waals surface area contributed by atoms with Crippen LogP contribution in [0.5, 0.6) is 5.75 Å². The lowest BCUT2D eigenvalue weighted by Gasteiger charge is -2.28. The van der Waals surface area contributed by atoms with E-state index in [4.69, 9.17) is 9.84 Å². The van der Waals surface area contributed by atoms with Gasteiger partial charge in [0, 0.05) is 10.9 Å². The first-order valence-electron chi connectivity index (χ1n) is 6.30. The van der Waals surface area contributed by atoms with Crippen molar-refractivity contribution in [2.24, 2.45) is 5.41 Å². The van der Waals surface area contributed by atoms with Gasteiger partial charge in [-0.05, 0) is 18.2 Å². The smallest absolute Gasteiger partial charge is 0.479 e. The number of alkyl halides is 3. The fourth-order valence-electron chi connectivity index (χ4n) is 1.76. The van der Waals surface area contributed by atoms with Gasteiger partial charge in [0.15, 0.2) is 6.10 Å². The zero-order chi connectivity index (χ0) is 17.3. The molecular weight excluding hydrogens is 304 g/mol. The van der Waals surface area contributed by atoms with E-state index < -0.39 is 41.8 Å². The highest BCUT2D eigenvalue weighted by Crippen LogP contribution is 2.31. The van der Waals surface area contributed by atoms with E-state index in [0.29, 0.717) is 12.1 Å². The van der Waals surface area contributed by atoms with Gasteiger partial charge in [0.05, 0.1) is 5.56 Å². The Labute approximate surface area is 125 Å². The van der Waals surface area contributed by atoms with Gasteiger partial charge < -0.3 is 19.9 Å². The van der Waals surface area contributed by atoms with E-state index in [9.17, 15) is 28.0 Å². The fourth-order valence-corrected chi connectivity index (χ4v) is 1.76. The van der Waals surface area contributed by atoms with Crippen molar-refractivity contribution >= 4 is 18.6 Å². The van der Waals surface area contributed by atoms with Crippen LogP contribution >= 0.6 is 0 Å². The predicted octanol–water partition coefficient (Wildman–Crippen LogP) is 1.26. The maximum absolute atomic E-state index is 12.6. The number of rotatable bonds is 4. The third kappa shape index (κ3) is 4.38. The van der Waals surface area contributed by atoms with E-state index in [-0.39, 0.29) is 5.75 Å². The van der Waals surface area contributed by atoms with E-state index >= 15 is 0 Å². The SMILES string of the molecule is CC(C)(C)C(Oc1ccc(C(F)(F)F)cc1B(O)O)C(=O)O. The van der Waals surface area contributed by atoms with Crippen LogP contribution < -0.4 is 10.2 Å². The first-order chi connectivity index (χ1) is 9.84. The van der Waals surface area contributed by atoms with Gasteiger partial charge in [-0.25, -0.2) is 4.79 Å². The van der Waals surface area contributed by atoms with Crippen LogP contribution in [0, 0.1) is 5.41 Å². The molecule has 0 spiro atoms. The van der Waals surface area contributed by atoms with Gasteiger partial charge in [-0.15, -0.1) is 0 Å². The molecule has 0 radical (unpaired) electrons. The fraction of sp³-hybridized carbons (Fsp3) is 0.462. The number of hydrogen-bond donors (Lipinski definition) is 3. The third-order valence-electron chi connectivity index (χ3n) is 2.87. The minimum atomic E-state index is -4.67. The summed E-state index contributed by atoms with van der Waals surface area (Å²) < 4.78 is 43.1. The Morgan fingerprint density at radius 3 is 2.14 bits per heavy atom. The normalized spacial score (nSPS) is 13.6. The molecule has 1 atom stereocenters. The molecule has 1 aromatic carbocycles. The number of aliphatic carboxylic acids is 1. The highest BCUT2D eigenvalue weighted by molar-refractivity contribution is 6.59. The van der Waals surface area contributed by atoms with Gasteiger partial charge in [0.1, 0.15) is 5.75 Å². The largest absolute Gasteiger partial charge is 0.492 e. The maximum Gasteiger partial charge on any atom is 0.492 e. The average molecular weight is 320 g/mol. The molecule has 0 aromatic heterocycles. The maximum atomic E-state index is 12.6. The van der Waals surface area contributed by atoms with Crippen molar-refractivity contribution in [3.05, 3.63) is 23.8 Å². The molecule has 3 N–H and O–H groups in total. The molecule has 122 valence electrons. The van der Waals surface area contributed by atoms with E-state index in [2.05, 4.69) is 0 Å². The van der Waals surface area contributed by atoms with Crippen LogP contribution in [-0.2, 0) is 11.0 Å². The quantitative estimate of drug-likeness (QED) is 0.727. The summed E-state index contributed by atoms with van der Waals surface area (Å²) in [7, 11) is -2.23. The molecule has 5 nitrogen and oxygen atoms in total. The Morgan fingerprint density at radius 1 is 1.23 bits per heavy atom. The number of benzene rings is 1. The van der Waals surface area contributed by atoms with Crippen LogP contribution in [-0.4, -0.2) is 34.3 Å². The Hall–Kier alpha value is -1.74. The van der Waals surface area contributed by atoms with Gasteiger partial charge in [-0.2, -0.15) is 13.2 Å². The molecule has 0 aliphatic carbocycles. The lowest BCUT2D eigenvalue weighted by Crippen LogP contribution is -2.42. The molecule has 0 aliphatic heterocycles. The summed E-state index contributed by atoms with van der Waals surface area (Å²) in [6.45, 7) is 4.72. The topological polar surface area (TPSA) is 87.0 Å². The monoisotopic (exact) mass is 320 g/mol. The number of carboxylic acid groups (broad SMARTS) is 1. The average Bonchev–Trinajstić information content (AvgIpc) is 2.32. The van der Waals surface area contributed by atoms with Gasteiger partial charge in [-0.3, -0.25) is 0 Å². The lowest BCUT2D eigenvalue weighted by atomic mass is 9.78. The summed E-state index contributed by atoms with van der Waals surface area (Å²) in [6.07, 6.45) is -6.04. The van der Waals surface area contributed by atoms with Crippen LogP contribution in [0.25, 0.3) is 0 Å². The molecule has 0 aliphatic rings. The zero-order valence-corrected chi connectivity index (χ0v) is 12.2. The Bertz CT molecular complexity index is 552. The van der Waals surface area contributed by atoms with Gasteiger partial charge in [-0.1, -0.05) is 20.8 Å². The highest BCUT2D eigenvalue weighted by atomic mass is 19.4. The van der Waals surface area contributed by atoms with Crippen molar-refractivity contribution in [2.45, 2.75) is 33.1 Å². The molecule has 0 bridgehead atoms.